The number of carbonyl (C=O) groups excluding carboxylic acids is 1. The number of aromatic nitrogens is 3. The van der Waals surface area contributed by atoms with Crippen molar-refractivity contribution in [3.63, 3.8) is 0 Å². The molecule has 0 unspecified atom stereocenters. The van der Waals surface area contributed by atoms with E-state index in [0.29, 0.717) is 33.8 Å². The second-order valence-electron chi connectivity index (χ2n) is 5.87. The highest BCUT2D eigenvalue weighted by molar-refractivity contribution is 6.12. The largest absolute Gasteiger partial charge is 0.497 e. The summed E-state index contributed by atoms with van der Waals surface area (Å²) in [5.74, 6) is 0.774. The number of H-pyrrole nitrogens is 1. The van der Waals surface area contributed by atoms with Crippen LogP contribution in [0.5, 0.6) is 11.6 Å². The fourth-order valence-corrected chi connectivity index (χ4v) is 3.01. The minimum Gasteiger partial charge on any atom is -0.497 e. The third kappa shape index (κ3) is 2.83. The molecular weight excluding hydrogens is 346 g/mol. The topological polar surface area (TPSA) is 86.3 Å². The first-order valence-electron chi connectivity index (χ1n) is 8.25. The number of aromatic amines is 1. The number of benzene rings is 1. The molecule has 3 heterocycles. The molecule has 7 nitrogen and oxygen atoms in total. The van der Waals surface area contributed by atoms with E-state index in [1.54, 1.807) is 26.4 Å². The normalized spacial score (nSPS) is 10.9. The summed E-state index contributed by atoms with van der Waals surface area (Å²) in [6.45, 7) is 0. The van der Waals surface area contributed by atoms with Crippen molar-refractivity contribution < 1.29 is 19.0 Å². The van der Waals surface area contributed by atoms with E-state index >= 15 is 0 Å². The van der Waals surface area contributed by atoms with Crippen LogP contribution in [0.2, 0.25) is 0 Å². The Balaban J connectivity index is 1.99. The Morgan fingerprint density at radius 3 is 2.41 bits per heavy atom. The van der Waals surface area contributed by atoms with Crippen LogP contribution in [0.1, 0.15) is 10.4 Å². The van der Waals surface area contributed by atoms with Crippen LogP contribution in [0.15, 0.2) is 42.5 Å². The van der Waals surface area contributed by atoms with Gasteiger partial charge in [-0.15, -0.1) is 0 Å². The lowest BCUT2D eigenvalue weighted by Crippen LogP contribution is -2.03. The Morgan fingerprint density at radius 1 is 0.963 bits per heavy atom. The Hall–Kier alpha value is -3.61. The van der Waals surface area contributed by atoms with E-state index in [2.05, 4.69) is 9.97 Å². The van der Waals surface area contributed by atoms with Gasteiger partial charge in [0, 0.05) is 17.0 Å². The zero-order valence-electron chi connectivity index (χ0n) is 15.1. The maximum atomic E-state index is 12.4. The van der Waals surface area contributed by atoms with Crippen molar-refractivity contribution >= 4 is 28.0 Å². The highest BCUT2D eigenvalue weighted by Gasteiger charge is 2.19. The molecular formula is C20H17N3O4. The van der Waals surface area contributed by atoms with Crippen molar-refractivity contribution in [2.75, 3.05) is 21.3 Å². The van der Waals surface area contributed by atoms with Gasteiger partial charge in [0.2, 0.25) is 5.88 Å². The summed E-state index contributed by atoms with van der Waals surface area (Å²) in [4.78, 5) is 24.7. The molecule has 0 amide bonds. The van der Waals surface area contributed by atoms with Crippen LogP contribution in [0.4, 0.5) is 0 Å². The third-order valence-electron chi connectivity index (χ3n) is 4.39. The predicted octanol–water partition coefficient (Wildman–Crippen LogP) is 3.58. The number of fused-ring (bicyclic) bond motifs is 3. The van der Waals surface area contributed by atoms with Gasteiger partial charge < -0.3 is 19.2 Å². The molecule has 0 bridgehead atoms. The van der Waals surface area contributed by atoms with Crippen LogP contribution in [-0.4, -0.2) is 42.3 Å². The van der Waals surface area contributed by atoms with Gasteiger partial charge in [-0.2, -0.15) is 4.98 Å². The molecule has 0 radical (unpaired) electrons. The van der Waals surface area contributed by atoms with Gasteiger partial charge in [0.05, 0.1) is 43.6 Å². The van der Waals surface area contributed by atoms with E-state index in [1.165, 1.54) is 7.11 Å². The first kappa shape index (κ1) is 16.8. The summed E-state index contributed by atoms with van der Waals surface area (Å²) in [6, 6.07) is 12.8. The minimum atomic E-state index is -0.448. The summed E-state index contributed by atoms with van der Waals surface area (Å²) in [5, 5.41) is 0.798. The monoisotopic (exact) mass is 363 g/mol. The van der Waals surface area contributed by atoms with Gasteiger partial charge in [-0.05, 0) is 36.4 Å². The van der Waals surface area contributed by atoms with E-state index in [4.69, 9.17) is 19.2 Å². The van der Waals surface area contributed by atoms with Gasteiger partial charge in [-0.1, -0.05) is 0 Å². The van der Waals surface area contributed by atoms with E-state index in [9.17, 15) is 4.79 Å². The molecule has 4 aromatic rings. The van der Waals surface area contributed by atoms with E-state index < -0.39 is 5.97 Å². The number of hydrogen-bond donors (Lipinski definition) is 1. The Kier molecular flexibility index (Phi) is 4.12. The van der Waals surface area contributed by atoms with Crippen LogP contribution < -0.4 is 9.47 Å². The molecule has 136 valence electrons. The van der Waals surface area contributed by atoms with E-state index in [0.717, 1.165) is 16.7 Å². The lowest BCUT2D eigenvalue weighted by Gasteiger charge is -2.07. The molecule has 0 fully saturated rings. The standard InChI is InChI=1S/C20H17N3O4/c1-25-12-6-4-11(5-7-12)15-10-14(20(24)27-3)18-17(21-15)13-8-9-16(26-2)22-19(13)23-18/h4-10H,1-3H3,(H,22,23). The second-order valence-corrected chi connectivity index (χ2v) is 5.87. The van der Waals surface area contributed by atoms with Crippen molar-refractivity contribution in [2.24, 2.45) is 0 Å². The average Bonchev–Trinajstić information content (AvgIpc) is 3.10. The van der Waals surface area contributed by atoms with Gasteiger partial charge in [0.15, 0.2) is 0 Å². The average molecular weight is 363 g/mol. The van der Waals surface area contributed by atoms with Gasteiger partial charge in [0.1, 0.15) is 11.4 Å². The molecule has 1 aromatic carbocycles. The Morgan fingerprint density at radius 2 is 1.74 bits per heavy atom. The highest BCUT2D eigenvalue weighted by Crippen LogP contribution is 2.31. The number of methoxy groups -OCH3 is 3. The summed E-state index contributed by atoms with van der Waals surface area (Å²) < 4.78 is 15.3. The fraction of sp³-hybridized carbons (Fsp3) is 0.150. The van der Waals surface area contributed by atoms with Crippen molar-refractivity contribution in [2.45, 2.75) is 0 Å². The zero-order chi connectivity index (χ0) is 19.0. The first-order chi connectivity index (χ1) is 13.1. The first-order valence-corrected chi connectivity index (χ1v) is 8.25. The fourth-order valence-electron chi connectivity index (χ4n) is 3.01. The molecule has 1 N–H and O–H groups in total. The molecule has 27 heavy (non-hydrogen) atoms. The number of ether oxygens (including phenoxy) is 3. The van der Waals surface area contributed by atoms with E-state index in [1.807, 2.05) is 30.3 Å². The molecule has 0 aliphatic rings. The SMILES string of the molecule is COC(=O)c1cc(-c2ccc(OC)cc2)nc2c1[nH]c1nc(OC)ccc12. The molecule has 4 rings (SSSR count). The minimum absolute atomic E-state index is 0.394. The number of carbonyl (C=O) groups is 1. The predicted molar refractivity (Wildman–Crippen MR) is 101 cm³/mol. The molecule has 7 heteroatoms. The number of rotatable bonds is 4. The van der Waals surface area contributed by atoms with Gasteiger partial charge in [0.25, 0.3) is 0 Å². The summed E-state index contributed by atoms with van der Waals surface area (Å²) in [5.41, 5.74) is 3.73. The van der Waals surface area contributed by atoms with Crippen LogP contribution in [-0.2, 0) is 4.74 Å². The number of nitrogens with one attached hydrogen (secondary N) is 1. The molecule has 0 atom stereocenters. The maximum Gasteiger partial charge on any atom is 0.340 e. The van der Waals surface area contributed by atoms with Gasteiger partial charge >= 0.3 is 5.97 Å². The smallest absolute Gasteiger partial charge is 0.340 e. The van der Waals surface area contributed by atoms with Crippen LogP contribution >= 0.6 is 0 Å². The number of hydrogen-bond acceptors (Lipinski definition) is 6. The highest BCUT2D eigenvalue weighted by atomic mass is 16.5. The molecule has 0 aliphatic carbocycles. The molecule has 0 saturated heterocycles. The summed E-state index contributed by atoms with van der Waals surface area (Å²) >= 11 is 0. The zero-order valence-corrected chi connectivity index (χ0v) is 15.1. The molecule has 0 aliphatic heterocycles. The Labute approximate surface area is 154 Å². The van der Waals surface area contributed by atoms with Gasteiger partial charge in [-0.3, -0.25) is 0 Å². The third-order valence-corrected chi connectivity index (χ3v) is 4.39. The number of pyridine rings is 2. The van der Waals surface area contributed by atoms with Gasteiger partial charge in [-0.25, -0.2) is 9.78 Å². The number of esters is 1. The summed E-state index contributed by atoms with van der Waals surface area (Å²) in [6.07, 6.45) is 0. The van der Waals surface area contributed by atoms with Crippen LogP contribution in [0.3, 0.4) is 0 Å². The molecule has 0 spiro atoms. The quantitative estimate of drug-likeness (QED) is 0.558. The van der Waals surface area contributed by atoms with Crippen molar-refractivity contribution in [1.82, 2.24) is 15.0 Å². The van der Waals surface area contributed by atoms with Crippen LogP contribution in [0.25, 0.3) is 33.3 Å². The van der Waals surface area contributed by atoms with E-state index in [-0.39, 0.29) is 0 Å². The molecule has 3 aromatic heterocycles. The van der Waals surface area contributed by atoms with Crippen molar-refractivity contribution in [3.8, 4) is 22.9 Å². The second kappa shape index (κ2) is 6.60. The number of nitrogens with zero attached hydrogens (tertiary/aromatic N) is 2. The lowest BCUT2D eigenvalue weighted by atomic mass is 10.1. The Bertz CT molecular complexity index is 1150. The van der Waals surface area contributed by atoms with Crippen molar-refractivity contribution in [1.29, 1.82) is 0 Å². The van der Waals surface area contributed by atoms with Crippen LogP contribution in [0, 0.1) is 0 Å². The maximum absolute atomic E-state index is 12.4. The summed E-state index contributed by atoms with van der Waals surface area (Å²) in [7, 11) is 4.52. The lowest BCUT2D eigenvalue weighted by molar-refractivity contribution is 0.0603. The van der Waals surface area contributed by atoms with Crippen molar-refractivity contribution in [3.05, 3.63) is 48.0 Å². The molecule has 0 saturated carbocycles.